The molecule has 1 amide bonds. The van der Waals surface area contributed by atoms with Crippen LogP contribution in [0.15, 0.2) is 60.9 Å². The summed E-state index contributed by atoms with van der Waals surface area (Å²) >= 11 is 0. The van der Waals surface area contributed by atoms with Crippen LogP contribution in [0.2, 0.25) is 0 Å². The predicted molar refractivity (Wildman–Crippen MR) is 186 cm³/mol. The number of nitrogens with one attached hydrogen (secondary N) is 1. The normalized spacial score (nSPS) is 23.3. The van der Waals surface area contributed by atoms with Gasteiger partial charge in [0, 0.05) is 49.6 Å². The largest absolute Gasteiger partial charge is 0.507 e. The number of benzene rings is 2. The number of aliphatic hydroxyl groups excluding tert-OH is 1. The molecule has 13 nitrogen and oxygen atoms in total. The first-order valence-electron chi connectivity index (χ1n) is 17.3. The van der Waals surface area contributed by atoms with Crippen molar-refractivity contribution in [1.29, 1.82) is 0 Å². The van der Waals surface area contributed by atoms with Crippen LogP contribution in [0.25, 0.3) is 16.9 Å². The zero-order valence-corrected chi connectivity index (χ0v) is 27.5. The summed E-state index contributed by atoms with van der Waals surface area (Å²) in [6, 6.07) is 15.1. The Labute approximate surface area is 285 Å². The average Bonchev–Trinajstić information content (AvgIpc) is 3.80. The Morgan fingerprint density at radius 1 is 0.980 bits per heavy atom. The van der Waals surface area contributed by atoms with E-state index in [2.05, 4.69) is 53.5 Å². The lowest BCUT2D eigenvalue weighted by Crippen LogP contribution is -2.57. The van der Waals surface area contributed by atoms with Gasteiger partial charge in [-0.1, -0.05) is 24.3 Å². The minimum atomic E-state index is -0.873. The number of hydrogen-bond donors (Lipinski definition) is 4. The van der Waals surface area contributed by atoms with Gasteiger partial charge in [-0.05, 0) is 62.4 Å². The number of amides is 1. The Bertz CT molecular complexity index is 1820. The van der Waals surface area contributed by atoms with E-state index in [-0.39, 0.29) is 23.5 Å². The standard InChI is InChI=1S/C36H43N9O4/c37-35-31(18-28(40-41-35)27-4-1-2-7-32(27)46)45-22-25(19-38-45)43-14-10-23(11-15-43)20-42-13-12-24(21-42)26-5-3-6-29-34(26)49-17-16-44(29)30-8-9-33(47)39-36(30)48/h1-7,18-19,22-24,30,36,46,48H,8-17,20-21H2,(H2,37,41)(H,39,47)/t24-,30-,36?/m1/s1. The number of hydrogen-bond acceptors (Lipinski definition) is 11. The number of likely N-dealkylation sites (tertiary alicyclic amines) is 1. The number of carbonyl (C=O) groups excluding carboxylic acids is 1. The smallest absolute Gasteiger partial charge is 0.222 e. The summed E-state index contributed by atoms with van der Waals surface area (Å²) in [5, 5.41) is 36.6. The molecule has 13 heteroatoms. The number of ether oxygens (including phenoxy) is 1. The summed E-state index contributed by atoms with van der Waals surface area (Å²) in [5.74, 6) is 2.29. The van der Waals surface area contributed by atoms with Crippen LogP contribution < -0.4 is 25.6 Å². The molecule has 4 aliphatic rings. The number of aromatic hydroxyl groups is 1. The number of piperidine rings is 2. The Hall–Kier alpha value is -4.88. The number of anilines is 3. The van der Waals surface area contributed by atoms with Crippen LogP contribution in [0.3, 0.4) is 0 Å². The number of fused-ring (bicyclic) bond motifs is 1. The quantitative estimate of drug-likeness (QED) is 0.230. The molecule has 8 rings (SSSR count). The van der Waals surface area contributed by atoms with Crippen molar-refractivity contribution in [2.75, 3.05) is 61.4 Å². The lowest BCUT2D eigenvalue weighted by atomic mass is 9.94. The second-order valence-electron chi connectivity index (χ2n) is 13.7. The van der Waals surface area contributed by atoms with Gasteiger partial charge in [-0.2, -0.15) is 5.10 Å². The SMILES string of the molecule is Nc1nnc(-c2ccccc2O)cc1-n1cc(N2CCC(CN3CC[C@@H](c4cccc5c4OCCN5[C@@H]4CCC(=O)NC4O)C3)CC2)cn1. The van der Waals surface area contributed by atoms with Crippen molar-refractivity contribution in [3.05, 3.63) is 66.5 Å². The van der Waals surface area contributed by atoms with E-state index in [4.69, 9.17) is 10.5 Å². The van der Waals surface area contributed by atoms with E-state index in [1.807, 2.05) is 18.5 Å². The topological polar surface area (TPSA) is 158 Å². The third-order valence-corrected chi connectivity index (χ3v) is 10.7. The molecule has 3 saturated heterocycles. The second kappa shape index (κ2) is 13.2. The summed E-state index contributed by atoms with van der Waals surface area (Å²) in [6.07, 6.45) is 7.37. The van der Waals surface area contributed by atoms with Crippen LogP contribution in [0.1, 0.15) is 43.6 Å². The molecule has 0 aliphatic carbocycles. The zero-order chi connectivity index (χ0) is 33.5. The molecule has 6 heterocycles. The fourth-order valence-corrected chi connectivity index (χ4v) is 8.05. The van der Waals surface area contributed by atoms with Crippen LogP contribution in [-0.4, -0.2) is 99.1 Å². The van der Waals surface area contributed by atoms with E-state index in [9.17, 15) is 15.0 Å². The highest BCUT2D eigenvalue weighted by Crippen LogP contribution is 2.43. The Balaban J connectivity index is 0.877. The zero-order valence-electron chi connectivity index (χ0n) is 27.5. The van der Waals surface area contributed by atoms with E-state index in [1.54, 1.807) is 28.9 Å². The number of aromatic nitrogens is 4. The van der Waals surface area contributed by atoms with Gasteiger partial charge in [0.15, 0.2) is 5.82 Å². The number of nitrogens with zero attached hydrogens (tertiary/aromatic N) is 7. The van der Waals surface area contributed by atoms with Crippen molar-refractivity contribution in [3.63, 3.8) is 0 Å². The summed E-state index contributed by atoms with van der Waals surface area (Å²) in [4.78, 5) is 19.0. The van der Waals surface area contributed by atoms with E-state index >= 15 is 0 Å². The van der Waals surface area contributed by atoms with Gasteiger partial charge in [0.2, 0.25) is 5.91 Å². The maximum Gasteiger partial charge on any atom is 0.222 e. The van der Waals surface area contributed by atoms with E-state index < -0.39 is 6.23 Å². The number of phenolic OH excluding ortho intramolecular Hbond substituents is 1. The van der Waals surface area contributed by atoms with Gasteiger partial charge in [-0.15, -0.1) is 10.2 Å². The highest BCUT2D eigenvalue weighted by Gasteiger charge is 2.37. The van der Waals surface area contributed by atoms with E-state index in [0.717, 1.165) is 69.1 Å². The minimum absolute atomic E-state index is 0.0934. The van der Waals surface area contributed by atoms with Gasteiger partial charge < -0.3 is 40.7 Å². The van der Waals surface area contributed by atoms with Gasteiger partial charge in [0.25, 0.3) is 0 Å². The molecule has 4 aromatic rings. The summed E-state index contributed by atoms with van der Waals surface area (Å²) < 4.78 is 8.02. The average molecular weight is 666 g/mol. The molecule has 256 valence electrons. The molecule has 1 unspecified atom stereocenters. The first-order chi connectivity index (χ1) is 23.9. The lowest BCUT2D eigenvalue weighted by molar-refractivity contribution is -0.127. The predicted octanol–water partition coefficient (Wildman–Crippen LogP) is 3.12. The lowest BCUT2D eigenvalue weighted by Gasteiger charge is -2.42. The highest BCUT2D eigenvalue weighted by molar-refractivity contribution is 5.77. The number of aliphatic hydroxyl groups is 1. The molecule has 2 aromatic heterocycles. The fourth-order valence-electron chi connectivity index (χ4n) is 8.05. The van der Waals surface area contributed by atoms with Crippen molar-refractivity contribution in [2.45, 2.75) is 50.3 Å². The van der Waals surface area contributed by atoms with Crippen molar-refractivity contribution < 1.29 is 19.7 Å². The van der Waals surface area contributed by atoms with Crippen LogP contribution in [0.4, 0.5) is 17.2 Å². The minimum Gasteiger partial charge on any atom is -0.507 e. The van der Waals surface area contributed by atoms with Gasteiger partial charge in [-0.25, -0.2) is 4.68 Å². The van der Waals surface area contributed by atoms with Crippen LogP contribution in [-0.2, 0) is 4.79 Å². The molecule has 3 fully saturated rings. The molecule has 0 saturated carbocycles. The molecular weight excluding hydrogens is 622 g/mol. The fraction of sp³-hybridized carbons (Fsp3) is 0.444. The maximum absolute atomic E-state index is 11.8. The summed E-state index contributed by atoms with van der Waals surface area (Å²) in [6.45, 7) is 6.37. The van der Waals surface area contributed by atoms with Crippen molar-refractivity contribution >= 4 is 23.1 Å². The Morgan fingerprint density at radius 3 is 2.67 bits per heavy atom. The molecule has 2 aromatic carbocycles. The number of rotatable bonds is 7. The number of phenols is 1. The van der Waals surface area contributed by atoms with Crippen LogP contribution >= 0.6 is 0 Å². The summed E-state index contributed by atoms with van der Waals surface area (Å²) in [7, 11) is 0. The van der Waals surface area contributed by atoms with Gasteiger partial charge >= 0.3 is 0 Å². The molecule has 4 aliphatic heterocycles. The van der Waals surface area contributed by atoms with Crippen molar-refractivity contribution in [2.24, 2.45) is 5.92 Å². The van der Waals surface area contributed by atoms with Gasteiger partial charge in [0.05, 0.1) is 42.0 Å². The molecule has 49 heavy (non-hydrogen) atoms. The molecule has 0 radical (unpaired) electrons. The monoisotopic (exact) mass is 665 g/mol. The number of para-hydroxylation sites is 2. The second-order valence-corrected chi connectivity index (χ2v) is 13.7. The summed E-state index contributed by atoms with van der Waals surface area (Å²) in [5.41, 5.74) is 11.3. The molecular formula is C36H43N9O4. The van der Waals surface area contributed by atoms with E-state index in [0.29, 0.717) is 54.8 Å². The number of nitrogen functional groups attached to an aromatic ring is 1. The van der Waals surface area contributed by atoms with Gasteiger partial charge in [-0.3, -0.25) is 4.79 Å². The number of nitrogens with two attached hydrogens (primary N) is 1. The van der Waals surface area contributed by atoms with Crippen LogP contribution in [0.5, 0.6) is 11.5 Å². The highest BCUT2D eigenvalue weighted by atomic mass is 16.5. The molecule has 3 atom stereocenters. The maximum atomic E-state index is 11.8. The Morgan fingerprint density at radius 2 is 1.84 bits per heavy atom. The van der Waals surface area contributed by atoms with Crippen molar-refractivity contribution in [3.8, 4) is 28.4 Å². The molecule has 0 spiro atoms. The van der Waals surface area contributed by atoms with E-state index in [1.165, 1.54) is 5.56 Å². The first kappa shape index (κ1) is 31.4. The third-order valence-electron chi connectivity index (χ3n) is 10.7. The number of carbonyl (C=O) groups is 1. The van der Waals surface area contributed by atoms with Crippen LogP contribution in [0, 0.1) is 5.92 Å². The van der Waals surface area contributed by atoms with Crippen molar-refractivity contribution in [1.82, 2.24) is 30.2 Å². The third kappa shape index (κ3) is 6.24. The van der Waals surface area contributed by atoms with Gasteiger partial charge in [0.1, 0.15) is 30.0 Å². The molecule has 0 bridgehead atoms. The molecule has 5 N–H and O–H groups in total. The Kier molecular flexibility index (Phi) is 8.46. The first-order valence-corrected chi connectivity index (χ1v) is 17.3.